The van der Waals surface area contributed by atoms with Gasteiger partial charge < -0.3 is 10.1 Å². The number of benzene rings is 2. The molecule has 2 aliphatic heterocycles. The van der Waals surface area contributed by atoms with Gasteiger partial charge in [-0.2, -0.15) is 0 Å². The number of rotatable bonds is 3. The Bertz CT molecular complexity index is 975. The van der Waals surface area contributed by atoms with E-state index in [1.807, 2.05) is 26.0 Å². The van der Waals surface area contributed by atoms with Crippen molar-refractivity contribution in [1.82, 2.24) is 0 Å². The van der Waals surface area contributed by atoms with Crippen LogP contribution in [0.25, 0.3) is 0 Å². The molecule has 0 aromatic heterocycles. The maximum atomic E-state index is 12.9. The number of hydrogen-bond acceptors (Lipinski definition) is 4. The lowest BCUT2D eigenvalue weighted by molar-refractivity contribution is 0.0911. The van der Waals surface area contributed by atoms with E-state index in [4.69, 9.17) is 16.3 Å². The Morgan fingerprint density at radius 3 is 2.77 bits per heavy atom. The zero-order valence-electron chi connectivity index (χ0n) is 14.7. The van der Waals surface area contributed by atoms with Gasteiger partial charge in [-0.25, -0.2) is 8.42 Å². The molecule has 0 saturated carbocycles. The van der Waals surface area contributed by atoms with Crippen molar-refractivity contribution in [3.8, 4) is 0 Å². The van der Waals surface area contributed by atoms with Crippen molar-refractivity contribution >= 4 is 33.0 Å². The Labute approximate surface area is 158 Å². The standard InChI is InChI=1S/C19H21ClN2O3S/c1-11-3-4-14(7-12(11)2)22-26(23,24)18-8-15-17(9-16(18)20)21-10-13-5-6-25-19(13)15/h3-4,7-9,13,19,21-22H,5-6,10H2,1-2H3. The van der Waals surface area contributed by atoms with Gasteiger partial charge in [-0.1, -0.05) is 17.7 Å². The minimum Gasteiger partial charge on any atom is -0.384 e. The van der Waals surface area contributed by atoms with E-state index in [2.05, 4.69) is 10.0 Å². The molecule has 26 heavy (non-hydrogen) atoms. The molecule has 2 unspecified atom stereocenters. The second-order valence-corrected chi connectivity index (χ2v) is 9.05. The molecule has 0 radical (unpaired) electrons. The van der Waals surface area contributed by atoms with Crippen LogP contribution in [0.5, 0.6) is 0 Å². The van der Waals surface area contributed by atoms with Crippen LogP contribution in [-0.4, -0.2) is 21.6 Å². The highest BCUT2D eigenvalue weighted by Crippen LogP contribution is 2.44. The van der Waals surface area contributed by atoms with Crippen LogP contribution in [-0.2, 0) is 14.8 Å². The van der Waals surface area contributed by atoms with E-state index in [1.54, 1.807) is 18.2 Å². The van der Waals surface area contributed by atoms with Crippen LogP contribution in [0.4, 0.5) is 11.4 Å². The second-order valence-electron chi connectivity index (χ2n) is 7.00. The molecular formula is C19H21ClN2O3S. The quantitative estimate of drug-likeness (QED) is 0.818. The van der Waals surface area contributed by atoms with Crippen LogP contribution in [0.2, 0.25) is 5.02 Å². The van der Waals surface area contributed by atoms with Gasteiger partial charge in [0, 0.05) is 36.0 Å². The Kier molecular flexibility index (Phi) is 4.37. The first-order valence-electron chi connectivity index (χ1n) is 8.64. The van der Waals surface area contributed by atoms with Crippen LogP contribution < -0.4 is 10.0 Å². The molecule has 2 aliphatic rings. The van der Waals surface area contributed by atoms with E-state index in [-0.39, 0.29) is 16.0 Å². The third-order valence-corrected chi connectivity index (χ3v) is 7.07. The molecule has 2 atom stereocenters. The lowest BCUT2D eigenvalue weighted by atomic mass is 9.90. The molecule has 0 spiro atoms. The summed E-state index contributed by atoms with van der Waals surface area (Å²) in [5, 5.41) is 3.54. The highest BCUT2D eigenvalue weighted by Gasteiger charge is 2.36. The van der Waals surface area contributed by atoms with E-state index < -0.39 is 10.0 Å². The SMILES string of the molecule is Cc1ccc(NS(=O)(=O)c2cc3c(cc2Cl)NCC2CCOC32)cc1C. The summed E-state index contributed by atoms with van der Waals surface area (Å²) in [4.78, 5) is 0.0779. The van der Waals surface area contributed by atoms with Gasteiger partial charge in [-0.15, -0.1) is 0 Å². The van der Waals surface area contributed by atoms with Crippen molar-refractivity contribution in [3.05, 3.63) is 52.0 Å². The predicted octanol–water partition coefficient (Wildman–Crippen LogP) is 4.26. The van der Waals surface area contributed by atoms with Crippen molar-refractivity contribution in [2.75, 3.05) is 23.2 Å². The third-order valence-electron chi connectivity index (χ3n) is 5.23. The van der Waals surface area contributed by atoms with Crippen LogP contribution in [0.1, 0.15) is 29.2 Å². The zero-order chi connectivity index (χ0) is 18.5. The van der Waals surface area contributed by atoms with Crippen molar-refractivity contribution in [2.24, 2.45) is 5.92 Å². The monoisotopic (exact) mass is 392 g/mol. The van der Waals surface area contributed by atoms with Crippen LogP contribution in [0, 0.1) is 19.8 Å². The molecule has 7 heteroatoms. The maximum absolute atomic E-state index is 12.9. The number of fused-ring (bicyclic) bond motifs is 3. The summed E-state index contributed by atoms with van der Waals surface area (Å²) in [5.74, 6) is 0.368. The van der Waals surface area contributed by atoms with Gasteiger partial charge in [-0.3, -0.25) is 4.72 Å². The number of aryl methyl sites for hydroxylation is 2. The molecular weight excluding hydrogens is 372 g/mol. The summed E-state index contributed by atoms with van der Waals surface area (Å²) in [7, 11) is -3.80. The molecule has 2 aromatic carbocycles. The van der Waals surface area contributed by atoms with E-state index in [0.29, 0.717) is 18.2 Å². The molecule has 2 N–H and O–H groups in total. The lowest BCUT2D eigenvalue weighted by Gasteiger charge is -2.29. The second kappa shape index (κ2) is 6.44. The maximum Gasteiger partial charge on any atom is 0.263 e. The summed E-state index contributed by atoms with van der Waals surface area (Å²) in [6, 6.07) is 8.79. The fourth-order valence-corrected chi connectivity index (χ4v) is 5.22. The summed E-state index contributed by atoms with van der Waals surface area (Å²) in [6.45, 7) is 5.45. The molecule has 4 rings (SSSR count). The van der Waals surface area contributed by atoms with Crippen LogP contribution in [0.3, 0.4) is 0 Å². The first-order valence-corrected chi connectivity index (χ1v) is 10.5. The summed E-state index contributed by atoms with van der Waals surface area (Å²) >= 11 is 6.31. The summed E-state index contributed by atoms with van der Waals surface area (Å²) < 4.78 is 34.4. The molecule has 1 saturated heterocycles. The minimum absolute atomic E-state index is 0.0703. The molecule has 0 aliphatic carbocycles. The Hall–Kier alpha value is -1.76. The molecule has 0 amide bonds. The molecule has 2 aromatic rings. The Balaban J connectivity index is 1.72. The van der Waals surface area contributed by atoms with Gasteiger partial charge in [0.1, 0.15) is 4.90 Å². The first kappa shape index (κ1) is 17.6. The Morgan fingerprint density at radius 2 is 2.00 bits per heavy atom. The van der Waals surface area contributed by atoms with Crippen LogP contribution >= 0.6 is 11.6 Å². The highest BCUT2D eigenvalue weighted by molar-refractivity contribution is 7.92. The molecule has 138 valence electrons. The number of halogens is 1. The van der Waals surface area contributed by atoms with Gasteiger partial charge in [0.15, 0.2) is 0 Å². The number of nitrogens with one attached hydrogen (secondary N) is 2. The summed E-state index contributed by atoms with van der Waals surface area (Å²) in [6.07, 6.45) is 0.905. The van der Waals surface area contributed by atoms with Crippen LogP contribution in [0.15, 0.2) is 35.2 Å². The zero-order valence-corrected chi connectivity index (χ0v) is 16.2. The minimum atomic E-state index is -3.80. The predicted molar refractivity (Wildman–Crippen MR) is 103 cm³/mol. The van der Waals surface area contributed by atoms with Crippen molar-refractivity contribution in [1.29, 1.82) is 0 Å². The largest absolute Gasteiger partial charge is 0.384 e. The molecule has 0 bridgehead atoms. The van der Waals surface area contributed by atoms with Gasteiger partial charge in [0.25, 0.3) is 10.0 Å². The van der Waals surface area contributed by atoms with E-state index in [0.717, 1.165) is 35.3 Å². The number of sulfonamides is 1. The van der Waals surface area contributed by atoms with Crippen molar-refractivity contribution in [3.63, 3.8) is 0 Å². The highest BCUT2D eigenvalue weighted by atomic mass is 35.5. The van der Waals surface area contributed by atoms with E-state index in [9.17, 15) is 8.42 Å². The third kappa shape index (κ3) is 3.06. The molecule has 1 fully saturated rings. The number of anilines is 2. The van der Waals surface area contributed by atoms with Gasteiger partial charge in [0.2, 0.25) is 0 Å². The smallest absolute Gasteiger partial charge is 0.263 e. The van der Waals surface area contributed by atoms with E-state index >= 15 is 0 Å². The summed E-state index contributed by atoms with van der Waals surface area (Å²) in [5.41, 5.74) is 4.37. The normalized spacial score (nSPS) is 21.7. The fraction of sp³-hybridized carbons (Fsp3) is 0.368. The average Bonchev–Trinajstić information content (AvgIpc) is 3.06. The topological polar surface area (TPSA) is 67.4 Å². The van der Waals surface area contributed by atoms with Gasteiger partial charge >= 0.3 is 0 Å². The van der Waals surface area contributed by atoms with Gasteiger partial charge in [0.05, 0.1) is 11.1 Å². The Morgan fingerprint density at radius 1 is 1.19 bits per heavy atom. The number of hydrogen-bond donors (Lipinski definition) is 2. The van der Waals surface area contributed by atoms with Gasteiger partial charge in [-0.05, 0) is 55.7 Å². The lowest BCUT2D eigenvalue weighted by Crippen LogP contribution is -2.25. The average molecular weight is 393 g/mol. The first-order chi connectivity index (χ1) is 12.3. The van der Waals surface area contributed by atoms with Crippen molar-refractivity contribution in [2.45, 2.75) is 31.3 Å². The van der Waals surface area contributed by atoms with E-state index in [1.165, 1.54) is 0 Å². The molecule has 2 heterocycles. The molecule has 5 nitrogen and oxygen atoms in total. The van der Waals surface area contributed by atoms with Crippen molar-refractivity contribution < 1.29 is 13.2 Å². The fourth-order valence-electron chi connectivity index (χ4n) is 3.61. The number of ether oxygens (including phenoxy) is 1.